The second-order valence-electron chi connectivity index (χ2n) is 7.26. The topological polar surface area (TPSA) is 280 Å². The third kappa shape index (κ3) is 12.6. The number of carboxylic acids is 1. The lowest BCUT2D eigenvalue weighted by molar-refractivity contribution is -0.143. The van der Waals surface area contributed by atoms with Crippen LogP contribution in [0, 0.1) is 0 Å². The van der Waals surface area contributed by atoms with Crippen LogP contribution in [0.1, 0.15) is 32.1 Å². The fourth-order valence-electron chi connectivity index (χ4n) is 2.56. The summed E-state index contributed by atoms with van der Waals surface area (Å²) in [5, 5.41) is 15.7. The molecule has 12 N–H and O–H groups in total. The Morgan fingerprint density at radius 2 is 1.18 bits per heavy atom. The van der Waals surface area contributed by atoms with E-state index in [1.54, 1.807) is 6.26 Å². The van der Waals surface area contributed by atoms with Crippen LogP contribution in [0.2, 0.25) is 0 Å². The molecule has 16 heteroatoms. The molecule has 0 aliphatic heterocycles. The normalized spacial score (nSPS) is 14.1. The van der Waals surface area contributed by atoms with Crippen molar-refractivity contribution in [1.29, 1.82) is 0 Å². The molecule has 0 fully saturated rings. The highest BCUT2D eigenvalue weighted by Gasteiger charge is 2.32. The summed E-state index contributed by atoms with van der Waals surface area (Å²) in [4.78, 5) is 82.5. The highest BCUT2D eigenvalue weighted by atomic mass is 32.2. The Balaban J connectivity index is 5.50. The SMILES string of the molecule is CSCCC(N)C(=O)NC(CC(N)=O)C(=O)NC(CC(N)=O)C(=O)NC(CCC(N)=O)C(=O)O. The first-order chi connectivity index (χ1) is 15.8. The molecule has 0 rings (SSSR count). The van der Waals surface area contributed by atoms with E-state index in [2.05, 4.69) is 16.0 Å². The molecular weight excluding hydrogens is 474 g/mol. The second-order valence-corrected chi connectivity index (χ2v) is 8.24. The number of carbonyl (C=O) groups is 7. The third-order valence-electron chi connectivity index (χ3n) is 4.34. The minimum Gasteiger partial charge on any atom is -0.480 e. The first kappa shape index (κ1) is 30.6. The van der Waals surface area contributed by atoms with E-state index in [0.29, 0.717) is 5.75 Å². The number of carboxylic acid groups (broad SMARTS) is 1. The average Bonchev–Trinajstić information content (AvgIpc) is 2.72. The standard InChI is InChI=1S/C18H31N7O8S/c1-34-5-4-8(19)15(29)24-10(6-13(21)27)17(31)25-11(7-14(22)28)16(30)23-9(18(32)33)2-3-12(20)26/h8-11H,2-7,19H2,1H3,(H2,20,26)(H2,21,27)(H2,22,28)(H,23,30)(H,24,29)(H,25,31)(H,32,33). The molecule has 0 aromatic rings. The Morgan fingerprint density at radius 1 is 0.735 bits per heavy atom. The molecule has 0 saturated heterocycles. The van der Waals surface area contributed by atoms with E-state index in [9.17, 15) is 38.7 Å². The average molecular weight is 506 g/mol. The number of amides is 6. The van der Waals surface area contributed by atoms with Crippen LogP contribution in [0.15, 0.2) is 0 Å². The molecule has 0 spiro atoms. The van der Waals surface area contributed by atoms with E-state index in [1.165, 1.54) is 11.8 Å². The van der Waals surface area contributed by atoms with Gasteiger partial charge in [0.2, 0.25) is 35.4 Å². The Bertz CT molecular complexity index is 794. The summed E-state index contributed by atoms with van der Waals surface area (Å²) in [5.41, 5.74) is 21.0. The summed E-state index contributed by atoms with van der Waals surface area (Å²) < 4.78 is 0. The molecule has 0 aliphatic rings. The predicted molar refractivity (Wildman–Crippen MR) is 120 cm³/mol. The molecule has 4 atom stereocenters. The van der Waals surface area contributed by atoms with Crippen molar-refractivity contribution in [3.63, 3.8) is 0 Å². The number of carbonyl (C=O) groups excluding carboxylic acids is 6. The van der Waals surface area contributed by atoms with Gasteiger partial charge < -0.3 is 44.0 Å². The molecule has 15 nitrogen and oxygen atoms in total. The summed E-state index contributed by atoms with van der Waals surface area (Å²) in [5.74, 6) is -6.61. The Labute approximate surface area is 199 Å². The zero-order valence-corrected chi connectivity index (χ0v) is 19.4. The van der Waals surface area contributed by atoms with Crippen LogP contribution in [0.25, 0.3) is 0 Å². The number of primary amides is 3. The molecule has 0 saturated carbocycles. The predicted octanol–water partition coefficient (Wildman–Crippen LogP) is -4.38. The van der Waals surface area contributed by atoms with Gasteiger partial charge in [-0.3, -0.25) is 28.8 Å². The molecule has 0 aromatic heterocycles. The van der Waals surface area contributed by atoms with Crippen LogP contribution < -0.4 is 38.9 Å². The van der Waals surface area contributed by atoms with E-state index in [-0.39, 0.29) is 19.3 Å². The van der Waals surface area contributed by atoms with Gasteiger partial charge in [0.1, 0.15) is 18.1 Å². The van der Waals surface area contributed by atoms with Crippen molar-refractivity contribution in [2.45, 2.75) is 56.3 Å². The molecule has 192 valence electrons. The number of aliphatic carboxylic acids is 1. The highest BCUT2D eigenvalue weighted by molar-refractivity contribution is 7.98. The Morgan fingerprint density at radius 3 is 1.56 bits per heavy atom. The fraction of sp³-hybridized carbons (Fsp3) is 0.611. The fourth-order valence-corrected chi connectivity index (χ4v) is 3.05. The largest absolute Gasteiger partial charge is 0.480 e. The minimum atomic E-state index is -1.65. The van der Waals surface area contributed by atoms with Crippen LogP contribution in [0.3, 0.4) is 0 Å². The second kappa shape index (κ2) is 15.4. The van der Waals surface area contributed by atoms with Crippen LogP contribution >= 0.6 is 11.8 Å². The van der Waals surface area contributed by atoms with Gasteiger partial charge in [-0.15, -0.1) is 0 Å². The molecule has 0 aromatic carbocycles. The van der Waals surface area contributed by atoms with E-state index in [0.717, 1.165) is 0 Å². The van der Waals surface area contributed by atoms with Gasteiger partial charge >= 0.3 is 5.97 Å². The molecule has 0 heterocycles. The van der Waals surface area contributed by atoms with Crippen molar-refractivity contribution in [3.05, 3.63) is 0 Å². The third-order valence-corrected chi connectivity index (χ3v) is 4.98. The molecular formula is C18H31N7O8S. The minimum absolute atomic E-state index is 0.284. The lowest BCUT2D eigenvalue weighted by Gasteiger charge is -2.24. The maximum atomic E-state index is 12.7. The maximum Gasteiger partial charge on any atom is 0.326 e. The van der Waals surface area contributed by atoms with Gasteiger partial charge in [0, 0.05) is 6.42 Å². The van der Waals surface area contributed by atoms with Crippen molar-refractivity contribution >= 4 is 53.2 Å². The molecule has 34 heavy (non-hydrogen) atoms. The van der Waals surface area contributed by atoms with Gasteiger partial charge in [0.15, 0.2) is 0 Å². The van der Waals surface area contributed by atoms with Gasteiger partial charge in [-0.05, 0) is 24.9 Å². The first-order valence-electron chi connectivity index (χ1n) is 10.0. The van der Waals surface area contributed by atoms with Crippen LogP contribution in [-0.4, -0.2) is 82.7 Å². The highest BCUT2D eigenvalue weighted by Crippen LogP contribution is 2.04. The Hall–Kier alpha value is -3.40. The van der Waals surface area contributed by atoms with Crippen LogP contribution in [0.4, 0.5) is 0 Å². The number of hydrogen-bond donors (Lipinski definition) is 8. The van der Waals surface area contributed by atoms with Crippen molar-refractivity contribution in [1.82, 2.24) is 16.0 Å². The maximum absolute atomic E-state index is 12.7. The smallest absolute Gasteiger partial charge is 0.326 e. The van der Waals surface area contributed by atoms with Crippen molar-refractivity contribution in [2.75, 3.05) is 12.0 Å². The molecule has 0 aliphatic carbocycles. The monoisotopic (exact) mass is 505 g/mol. The summed E-state index contributed by atoms with van der Waals surface area (Å²) in [6, 6.07) is -5.72. The van der Waals surface area contributed by atoms with Crippen molar-refractivity contribution < 1.29 is 38.7 Å². The van der Waals surface area contributed by atoms with Gasteiger partial charge in [-0.2, -0.15) is 11.8 Å². The number of rotatable bonds is 17. The number of nitrogens with one attached hydrogen (secondary N) is 3. The van der Waals surface area contributed by atoms with Gasteiger partial charge in [-0.1, -0.05) is 0 Å². The van der Waals surface area contributed by atoms with E-state index in [1.807, 2.05) is 0 Å². The summed E-state index contributed by atoms with van der Waals surface area (Å²) in [6.07, 6.45) is 0.0149. The lowest BCUT2D eigenvalue weighted by Crippen LogP contribution is -2.58. The van der Waals surface area contributed by atoms with Gasteiger partial charge in [0.25, 0.3) is 0 Å². The first-order valence-corrected chi connectivity index (χ1v) is 11.4. The number of thioether (sulfide) groups is 1. The summed E-state index contributed by atoms with van der Waals surface area (Å²) in [7, 11) is 0. The van der Waals surface area contributed by atoms with Gasteiger partial charge in [0.05, 0.1) is 18.9 Å². The summed E-state index contributed by atoms with van der Waals surface area (Å²) >= 11 is 1.44. The number of nitrogens with two attached hydrogens (primary N) is 4. The molecule has 0 radical (unpaired) electrons. The quantitative estimate of drug-likeness (QED) is 0.0939. The summed E-state index contributed by atoms with van der Waals surface area (Å²) in [6.45, 7) is 0. The van der Waals surface area contributed by atoms with E-state index in [4.69, 9.17) is 22.9 Å². The molecule has 4 unspecified atom stereocenters. The zero-order valence-electron chi connectivity index (χ0n) is 18.6. The van der Waals surface area contributed by atoms with E-state index < -0.39 is 78.4 Å². The van der Waals surface area contributed by atoms with Crippen molar-refractivity contribution in [3.8, 4) is 0 Å². The number of hydrogen-bond acceptors (Lipinski definition) is 9. The van der Waals surface area contributed by atoms with Crippen LogP contribution in [-0.2, 0) is 33.6 Å². The lowest BCUT2D eigenvalue weighted by atomic mass is 10.1. The van der Waals surface area contributed by atoms with Crippen LogP contribution in [0.5, 0.6) is 0 Å². The van der Waals surface area contributed by atoms with Gasteiger partial charge in [-0.25, -0.2) is 4.79 Å². The zero-order chi connectivity index (χ0) is 26.4. The van der Waals surface area contributed by atoms with Crippen molar-refractivity contribution in [2.24, 2.45) is 22.9 Å². The Kier molecular flexibility index (Phi) is 13.9. The molecule has 0 bridgehead atoms. The molecule has 6 amide bonds. The van der Waals surface area contributed by atoms with E-state index >= 15 is 0 Å².